The van der Waals surface area contributed by atoms with Gasteiger partial charge in [0.25, 0.3) is 11.5 Å². The van der Waals surface area contributed by atoms with Gasteiger partial charge in [-0.3, -0.25) is 9.59 Å². The molecule has 4 heterocycles. The highest BCUT2D eigenvalue weighted by Crippen LogP contribution is 2.27. The maximum atomic E-state index is 13.9. The Bertz CT molecular complexity index is 1790. The number of anilines is 1. The maximum absolute atomic E-state index is 13.9. The average Bonchev–Trinajstić information content (AvgIpc) is 3.64. The topological polar surface area (TPSA) is 123 Å². The van der Waals surface area contributed by atoms with E-state index in [0.29, 0.717) is 33.9 Å². The molecule has 0 aliphatic carbocycles. The Morgan fingerprint density at radius 3 is 2.78 bits per heavy atom. The summed E-state index contributed by atoms with van der Waals surface area (Å²) in [5.74, 6) is -0.690. The van der Waals surface area contributed by atoms with E-state index < -0.39 is 11.7 Å². The summed E-state index contributed by atoms with van der Waals surface area (Å²) in [5.41, 5.74) is 1.37. The van der Waals surface area contributed by atoms with Crippen LogP contribution in [0.3, 0.4) is 0 Å². The summed E-state index contributed by atoms with van der Waals surface area (Å²) < 4.78 is 16.8. The van der Waals surface area contributed by atoms with Crippen molar-refractivity contribution in [3.8, 4) is 22.1 Å². The zero-order chi connectivity index (χ0) is 24.6. The van der Waals surface area contributed by atoms with Crippen molar-refractivity contribution >= 4 is 34.0 Å². The fourth-order valence-corrected chi connectivity index (χ4v) is 4.43. The maximum Gasteiger partial charge on any atom is 0.295 e. The molecular formula is C24H15FN8O2S. The third kappa shape index (κ3) is 3.75. The van der Waals surface area contributed by atoms with Crippen molar-refractivity contribution in [3.05, 3.63) is 101 Å². The number of carbonyl (C=O) groups excluding carboxylic acids is 1. The predicted octanol–water partition coefficient (Wildman–Crippen LogP) is 3.81. The van der Waals surface area contributed by atoms with Crippen LogP contribution in [0.2, 0.25) is 0 Å². The predicted molar refractivity (Wildman–Crippen MR) is 132 cm³/mol. The molecule has 10 nitrogen and oxygen atoms in total. The molecule has 4 aromatic heterocycles. The average molecular weight is 499 g/mol. The molecule has 2 N–H and O–H groups in total. The summed E-state index contributed by atoms with van der Waals surface area (Å²) in [7, 11) is 0. The SMILES string of the molecule is O=C(Nc1ccccc1-n1ncc2c(=O)[nH]cnc21)c1nc(-c2cccs2)n(-c2cccc(F)c2)n1. The molecule has 0 spiro atoms. The van der Waals surface area contributed by atoms with Crippen LogP contribution in [-0.4, -0.2) is 40.4 Å². The number of thiophene rings is 1. The number of aromatic amines is 1. The van der Waals surface area contributed by atoms with Crippen molar-refractivity contribution in [3.63, 3.8) is 0 Å². The Balaban J connectivity index is 1.40. The van der Waals surface area contributed by atoms with Gasteiger partial charge in [0.15, 0.2) is 11.5 Å². The number of aromatic nitrogens is 7. The van der Waals surface area contributed by atoms with Crippen molar-refractivity contribution in [2.24, 2.45) is 0 Å². The van der Waals surface area contributed by atoms with Crippen LogP contribution < -0.4 is 10.9 Å². The molecule has 2 aromatic carbocycles. The van der Waals surface area contributed by atoms with Gasteiger partial charge < -0.3 is 10.3 Å². The van der Waals surface area contributed by atoms with E-state index in [1.807, 2.05) is 17.5 Å². The monoisotopic (exact) mass is 498 g/mol. The van der Waals surface area contributed by atoms with E-state index in [1.54, 1.807) is 36.4 Å². The molecule has 0 radical (unpaired) electrons. The number of nitrogens with one attached hydrogen (secondary N) is 2. The van der Waals surface area contributed by atoms with E-state index >= 15 is 0 Å². The highest BCUT2D eigenvalue weighted by atomic mass is 32.1. The normalized spacial score (nSPS) is 11.1. The Hall–Kier alpha value is -4.97. The number of nitrogens with zero attached hydrogens (tertiary/aromatic N) is 6. The van der Waals surface area contributed by atoms with Crippen molar-refractivity contribution in [2.75, 3.05) is 5.32 Å². The van der Waals surface area contributed by atoms with Crippen LogP contribution >= 0.6 is 11.3 Å². The smallest absolute Gasteiger partial charge is 0.295 e. The number of amides is 1. The number of hydrogen-bond donors (Lipinski definition) is 2. The van der Waals surface area contributed by atoms with Gasteiger partial charge >= 0.3 is 0 Å². The number of para-hydroxylation sites is 2. The summed E-state index contributed by atoms with van der Waals surface area (Å²) in [6.07, 6.45) is 2.70. The number of rotatable bonds is 5. The molecular weight excluding hydrogens is 483 g/mol. The van der Waals surface area contributed by atoms with Gasteiger partial charge in [0.1, 0.15) is 11.2 Å². The summed E-state index contributed by atoms with van der Waals surface area (Å²) in [6.45, 7) is 0. The molecule has 0 unspecified atom stereocenters. The van der Waals surface area contributed by atoms with Crippen molar-refractivity contribution in [2.45, 2.75) is 0 Å². The highest BCUT2D eigenvalue weighted by molar-refractivity contribution is 7.13. The second kappa shape index (κ2) is 8.67. The number of carbonyl (C=O) groups is 1. The Morgan fingerprint density at radius 1 is 1.06 bits per heavy atom. The van der Waals surface area contributed by atoms with Gasteiger partial charge in [-0.25, -0.2) is 23.7 Å². The number of hydrogen-bond acceptors (Lipinski definition) is 7. The second-order valence-corrected chi connectivity index (χ2v) is 8.57. The zero-order valence-electron chi connectivity index (χ0n) is 18.3. The first kappa shape index (κ1) is 21.6. The highest BCUT2D eigenvalue weighted by Gasteiger charge is 2.21. The molecule has 0 fully saturated rings. The van der Waals surface area contributed by atoms with Gasteiger partial charge in [-0.2, -0.15) is 5.10 Å². The molecule has 0 bridgehead atoms. The third-order valence-corrected chi connectivity index (χ3v) is 6.22. The summed E-state index contributed by atoms with van der Waals surface area (Å²) in [5, 5.41) is 13.7. The lowest BCUT2D eigenvalue weighted by Crippen LogP contribution is -2.16. The van der Waals surface area contributed by atoms with Gasteiger partial charge in [0, 0.05) is 0 Å². The summed E-state index contributed by atoms with van der Waals surface area (Å²) in [4.78, 5) is 37.3. The van der Waals surface area contributed by atoms with Crippen molar-refractivity contribution < 1.29 is 9.18 Å². The van der Waals surface area contributed by atoms with E-state index in [2.05, 4.69) is 30.5 Å². The number of benzene rings is 2. The lowest BCUT2D eigenvalue weighted by Gasteiger charge is -2.10. The fraction of sp³-hybridized carbons (Fsp3) is 0. The molecule has 0 aliphatic rings. The number of fused-ring (bicyclic) bond motifs is 1. The number of halogens is 1. The van der Waals surface area contributed by atoms with Crippen LogP contribution in [-0.2, 0) is 0 Å². The van der Waals surface area contributed by atoms with E-state index in [9.17, 15) is 14.0 Å². The molecule has 0 saturated carbocycles. The minimum absolute atomic E-state index is 0.0997. The van der Waals surface area contributed by atoms with Crippen LogP contribution in [0.4, 0.5) is 10.1 Å². The van der Waals surface area contributed by atoms with Crippen molar-refractivity contribution in [1.82, 2.24) is 34.5 Å². The van der Waals surface area contributed by atoms with E-state index in [-0.39, 0.29) is 11.4 Å². The van der Waals surface area contributed by atoms with E-state index in [0.717, 1.165) is 4.88 Å². The molecule has 12 heteroatoms. The largest absolute Gasteiger partial charge is 0.317 e. The summed E-state index contributed by atoms with van der Waals surface area (Å²) in [6, 6.07) is 16.6. The first-order chi connectivity index (χ1) is 17.6. The number of H-pyrrole nitrogens is 1. The van der Waals surface area contributed by atoms with Crippen LogP contribution in [0.25, 0.3) is 33.1 Å². The molecule has 36 heavy (non-hydrogen) atoms. The molecule has 0 saturated heterocycles. The van der Waals surface area contributed by atoms with Crippen LogP contribution in [0.1, 0.15) is 10.6 Å². The first-order valence-corrected chi connectivity index (χ1v) is 11.6. The Kier molecular flexibility index (Phi) is 5.19. The molecule has 6 aromatic rings. The van der Waals surface area contributed by atoms with E-state index in [1.165, 1.54) is 45.4 Å². The first-order valence-electron chi connectivity index (χ1n) is 10.7. The minimum atomic E-state index is -0.572. The van der Waals surface area contributed by atoms with Gasteiger partial charge in [0.05, 0.1) is 34.5 Å². The lowest BCUT2D eigenvalue weighted by atomic mass is 10.2. The second-order valence-electron chi connectivity index (χ2n) is 7.62. The lowest BCUT2D eigenvalue weighted by molar-refractivity contribution is 0.101. The van der Waals surface area contributed by atoms with Crippen LogP contribution in [0, 0.1) is 5.82 Å². The Morgan fingerprint density at radius 2 is 1.94 bits per heavy atom. The Labute approximate surface area is 205 Å². The van der Waals surface area contributed by atoms with Crippen molar-refractivity contribution in [1.29, 1.82) is 0 Å². The van der Waals surface area contributed by atoms with Crippen LogP contribution in [0.5, 0.6) is 0 Å². The van der Waals surface area contributed by atoms with Gasteiger partial charge in [-0.15, -0.1) is 16.4 Å². The standard InChI is InChI=1S/C24H15FN8O2S/c25-14-5-3-6-15(11-14)32-22(19-9-4-10-36-19)30-20(31-32)24(35)29-17-7-1-2-8-18(17)33-21-16(12-28-33)23(34)27-13-26-21/h1-13H,(H,29,35)(H,26,27,34). The molecule has 1 amide bonds. The molecule has 6 rings (SSSR count). The molecule has 0 aliphatic heterocycles. The summed E-state index contributed by atoms with van der Waals surface area (Å²) >= 11 is 1.43. The third-order valence-electron chi connectivity index (χ3n) is 5.36. The van der Waals surface area contributed by atoms with Gasteiger partial charge in [-0.05, 0) is 41.8 Å². The fourth-order valence-electron chi connectivity index (χ4n) is 3.74. The molecule has 0 atom stereocenters. The van der Waals surface area contributed by atoms with E-state index in [4.69, 9.17) is 0 Å². The quantitative estimate of drug-likeness (QED) is 0.373. The minimum Gasteiger partial charge on any atom is -0.317 e. The van der Waals surface area contributed by atoms with Gasteiger partial charge in [-0.1, -0.05) is 24.3 Å². The van der Waals surface area contributed by atoms with Crippen LogP contribution in [0.15, 0.2) is 83.4 Å². The zero-order valence-corrected chi connectivity index (χ0v) is 19.1. The molecule has 176 valence electrons. The van der Waals surface area contributed by atoms with Gasteiger partial charge in [0.2, 0.25) is 5.82 Å².